The average molecular weight is 258 g/mol. The van der Waals surface area contributed by atoms with Gasteiger partial charge in [0.2, 0.25) is 5.60 Å². The van der Waals surface area contributed by atoms with E-state index in [9.17, 15) is 23.4 Å². The highest BCUT2D eigenvalue weighted by atomic mass is 19.4. The van der Waals surface area contributed by atoms with Crippen molar-refractivity contribution in [1.82, 2.24) is 0 Å². The Morgan fingerprint density at radius 1 is 0.944 bits per heavy atom. The number of aliphatic hydroxyl groups is 2. The second kappa shape index (κ2) is 4.63. The minimum Gasteiger partial charge on any atom is -0.378 e. The zero-order valence-corrected chi connectivity index (χ0v) is 9.92. The first-order valence-corrected chi connectivity index (χ1v) is 5.17. The van der Waals surface area contributed by atoms with Gasteiger partial charge in [0.15, 0.2) is 0 Å². The van der Waals surface area contributed by atoms with Crippen LogP contribution in [-0.2, 0) is 5.60 Å². The summed E-state index contributed by atoms with van der Waals surface area (Å²) in [6.45, 7) is 2.48. The first-order valence-electron chi connectivity index (χ1n) is 5.17. The van der Waals surface area contributed by atoms with E-state index in [-0.39, 0.29) is 5.56 Å². The van der Waals surface area contributed by atoms with Crippen LogP contribution in [0.2, 0.25) is 0 Å². The molecule has 0 amide bonds. The van der Waals surface area contributed by atoms with Crippen molar-refractivity contribution in [2.45, 2.75) is 31.2 Å². The zero-order chi connectivity index (χ0) is 14.0. The van der Waals surface area contributed by atoms with Crippen LogP contribution in [0.25, 0.3) is 0 Å². The Morgan fingerprint density at radius 2 is 1.44 bits per heavy atom. The van der Waals surface area contributed by atoms with Gasteiger partial charge in [-0.3, -0.25) is 0 Å². The topological polar surface area (TPSA) is 40.5 Å². The van der Waals surface area contributed by atoms with Crippen molar-refractivity contribution in [1.29, 1.82) is 0 Å². The molecular formula is C13H13F3O2. The molecule has 0 aliphatic heterocycles. The molecule has 1 aromatic rings. The summed E-state index contributed by atoms with van der Waals surface area (Å²) < 4.78 is 38.8. The third kappa shape index (κ3) is 3.25. The summed E-state index contributed by atoms with van der Waals surface area (Å²) in [4.78, 5) is 0. The van der Waals surface area contributed by atoms with Crippen molar-refractivity contribution in [3.05, 3.63) is 35.9 Å². The quantitative estimate of drug-likeness (QED) is 0.758. The highest BCUT2D eigenvalue weighted by Crippen LogP contribution is 2.38. The van der Waals surface area contributed by atoms with Gasteiger partial charge in [0, 0.05) is 5.56 Å². The molecule has 0 aliphatic rings. The molecule has 0 aliphatic carbocycles. The molecule has 0 radical (unpaired) electrons. The van der Waals surface area contributed by atoms with Crippen molar-refractivity contribution in [3.63, 3.8) is 0 Å². The van der Waals surface area contributed by atoms with Gasteiger partial charge in [-0.2, -0.15) is 13.2 Å². The Morgan fingerprint density at radius 3 is 1.83 bits per heavy atom. The van der Waals surface area contributed by atoms with E-state index in [0.717, 1.165) is 12.1 Å². The molecule has 0 bridgehead atoms. The summed E-state index contributed by atoms with van der Waals surface area (Å²) in [7, 11) is 0. The Kier molecular flexibility index (Phi) is 3.75. The van der Waals surface area contributed by atoms with E-state index in [2.05, 4.69) is 0 Å². The lowest BCUT2D eigenvalue weighted by Crippen LogP contribution is -2.41. The normalized spacial score (nSPS) is 15.5. The molecule has 0 saturated heterocycles. The van der Waals surface area contributed by atoms with Gasteiger partial charge in [0.25, 0.3) is 0 Å². The smallest absolute Gasteiger partial charge is 0.378 e. The Balaban J connectivity index is 3.33. The van der Waals surface area contributed by atoms with E-state index in [1.165, 1.54) is 32.0 Å². The van der Waals surface area contributed by atoms with Crippen molar-refractivity contribution in [3.8, 4) is 11.8 Å². The van der Waals surface area contributed by atoms with Gasteiger partial charge in [-0.1, -0.05) is 42.2 Å². The maximum Gasteiger partial charge on any atom is 0.433 e. The predicted octanol–water partition coefficient (Wildman–Crippen LogP) is 2.21. The maximum atomic E-state index is 12.9. The third-order valence-electron chi connectivity index (χ3n) is 2.15. The maximum absolute atomic E-state index is 12.9. The van der Waals surface area contributed by atoms with Gasteiger partial charge in [-0.05, 0) is 13.8 Å². The Hall–Kier alpha value is -1.51. The molecule has 0 heterocycles. The van der Waals surface area contributed by atoms with Crippen LogP contribution < -0.4 is 0 Å². The lowest BCUT2D eigenvalue weighted by atomic mass is 9.92. The number of alkyl halides is 3. The largest absolute Gasteiger partial charge is 0.433 e. The van der Waals surface area contributed by atoms with E-state index < -0.39 is 17.4 Å². The summed E-state index contributed by atoms with van der Waals surface area (Å²) in [5.41, 5.74) is -5.28. The van der Waals surface area contributed by atoms with Crippen molar-refractivity contribution >= 4 is 0 Å². The fourth-order valence-corrected chi connectivity index (χ4v) is 1.23. The molecule has 1 atom stereocenters. The summed E-state index contributed by atoms with van der Waals surface area (Å²) >= 11 is 0. The van der Waals surface area contributed by atoms with Crippen molar-refractivity contribution in [2.75, 3.05) is 0 Å². The SMILES string of the molecule is CC(C)(O)C#C[C@](O)(c1ccccc1)C(F)(F)F. The summed E-state index contributed by atoms with van der Waals surface area (Å²) in [6, 6.07) is 6.54. The van der Waals surface area contributed by atoms with Crippen molar-refractivity contribution < 1.29 is 23.4 Å². The standard InChI is InChI=1S/C13H13F3O2/c1-11(2,17)8-9-12(18,13(14,15)16)10-6-4-3-5-7-10/h3-7,17-18H,1-2H3/t12-/m0/s1. The molecule has 0 fully saturated rings. The zero-order valence-electron chi connectivity index (χ0n) is 9.92. The molecule has 1 aromatic carbocycles. The summed E-state index contributed by atoms with van der Waals surface area (Å²) in [5.74, 6) is 3.73. The lowest BCUT2D eigenvalue weighted by Gasteiger charge is -2.26. The monoisotopic (exact) mass is 258 g/mol. The van der Waals surface area contributed by atoms with Crippen LogP contribution in [0.3, 0.4) is 0 Å². The van der Waals surface area contributed by atoms with Crippen LogP contribution in [0, 0.1) is 11.8 Å². The summed E-state index contributed by atoms with van der Waals surface area (Å²) in [5, 5.41) is 19.1. The molecule has 2 N–H and O–H groups in total. The fraction of sp³-hybridized carbons (Fsp3) is 0.385. The molecule has 0 aromatic heterocycles. The number of halogens is 3. The molecule has 1 rings (SSSR count). The first kappa shape index (κ1) is 14.6. The number of benzene rings is 1. The molecular weight excluding hydrogens is 245 g/mol. The first-order chi connectivity index (χ1) is 8.06. The van der Waals surface area contributed by atoms with E-state index in [1.807, 2.05) is 5.92 Å². The van der Waals surface area contributed by atoms with E-state index >= 15 is 0 Å². The van der Waals surface area contributed by atoms with E-state index in [4.69, 9.17) is 0 Å². The fourth-order valence-electron chi connectivity index (χ4n) is 1.23. The minimum atomic E-state index is -4.95. The number of hydrogen-bond acceptors (Lipinski definition) is 2. The van der Waals surface area contributed by atoms with Crippen LogP contribution in [0.15, 0.2) is 30.3 Å². The predicted molar refractivity (Wildman–Crippen MR) is 60.5 cm³/mol. The van der Waals surface area contributed by atoms with Gasteiger partial charge in [0.05, 0.1) is 0 Å². The van der Waals surface area contributed by atoms with Crippen molar-refractivity contribution in [2.24, 2.45) is 0 Å². The van der Waals surface area contributed by atoms with Crippen LogP contribution in [0.1, 0.15) is 19.4 Å². The van der Waals surface area contributed by atoms with Crippen LogP contribution in [0.4, 0.5) is 13.2 Å². The van der Waals surface area contributed by atoms with Gasteiger partial charge in [0.1, 0.15) is 5.60 Å². The number of hydrogen-bond donors (Lipinski definition) is 2. The highest BCUT2D eigenvalue weighted by molar-refractivity contribution is 5.35. The lowest BCUT2D eigenvalue weighted by molar-refractivity contribution is -0.240. The van der Waals surface area contributed by atoms with Gasteiger partial charge in [-0.25, -0.2) is 0 Å². The summed E-state index contributed by atoms with van der Waals surface area (Å²) in [6.07, 6.45) is -4.95. The Labute approximate surface area is 103 Å². The molecule has 0 spiro atoms. The molecule has 5 heteroatoms. The molecule has 18 heavy (non-hydrogen) atoms. The van der Waals surface area contributed by atoms with Gasteiger partial charge >= 0.3 is 6.18 Å². The van der Waals surface area contributed by atoms with Crippen LogP contribution in [0.5, 0.6) is 0 Å². The Bertz CT molecular complexity index is 463. The van der Waals surface area contributed by atoms with Gasteiger partial charge in [-0.15, -0.1) is 0 Å². The van der Waals surface area contributed by atoms with Crippen LogP contribution in [-0.4, -0.2) is 22.0 Å². The second-order valence-electron chi connectivity index (χ2n) is 4.38. The third-order valence-corrected chi connectivity index (χ3v) is 2.15. The number of rotatable bonds is 1. The second-order valence-corrected chi connectivity index (χ2v) is 4.38. The van der Waals surface area contributed by atoms with E-state index in [0.29, 0.717) is 0 Å². The molecule has 0 saturated carbocycles. The molecule has 2 nitrogen and oxygen atoms in total. The highest BCUT2D eigenvalue weighted by Gasteiger charge is 2.54. The van der Waals surface area contributed by atoms with Gasteiger partial charge < -0.3 is 10.2 Å². The minimum absolute atomic E-state index is 0.380. The van der Waals surface area contributed by atoms with E-state index in [1.54, 1.807) is 5.92 Å². The molecule has 98 valence electrons. The molecule has 0 unspecified atom stereocenters. The average Bonchev–Trinajstić information content (AvgIpc) is 2.24. The van der Waals surface area contributed by atoms with Crippen LogP contribution >= 0.6 is 0 Å².